The van der Waals surface area contributed by atoms with Gasteiger partial charge in [0.25, 0.3) is 0 Å². The number of aliphatic hydroxyl groups excluding tert-OH is 3. The molecule has 4 nitrogen and oxygen atoms in total. The van der Waals surface area contributed by atoms with Crippen LogP contribution in [0.5, 0.6) is 0 Å². The number of nitrogens with zero attached hydrogens (tertiary/aromatic N) is 1. The highest BCUT2D eigenvalue weighted by molar-refractivity contribution is 5.21. The molecule has 0 bridgehead atoms. The Labute approximate surface area is 134 Å². The van der Waals surface area contributed by atoms with Gasteiger partial charge in [-0.2, -0.15) is 0 Å². The third kappa shape index (κ3) is 3.87. The molecule has 1 atom stereocenters. The maximum Gasteiger partial charge on any atom is 0.0915 e. The van der Waals surface area contributed by atoms with Crippen molar-refractivity contribution in [3.63, 3.8) is 0 Å². The lowest BCUT2D eigenvalue weighted by Gasteiger charge is -2.53. The van der Waals surface area contributed by atoms with Crippen LogP contribution >= 0.6 is 0 Å². The molecule has 0 aliphatic rings. The van der Waals surface area contributed by atoms with E-state index in [-0.39, 0.29) is 37.3 Å². The van der Waals surface area contributed by atoms with Crippen LogP contribution in [0, 0.1) is 5.92 Å². The summed E-state index contributed by atoms with van der Waals surface area (Å²) in [5, 5.41) is 29.8. The quantitative estimate of drug-likeness (QED) is 0.722. The van der Waals surface area contributed by atoms with Crippen molar-refractivity contribution in [3.8, 4) is 0 Å². The predicted octanol–water partition coefficient (Wildman–Crippen LogP) is 2.20. The number of rotatable bonds is 7. The number of hydrogen-bond acceptors (Lipinski definition) is 4. The Bertz CT molecular complexity index is 427. The lowest BCUT2D eigenvalue weighted by molar-refractivity contribution is -0.121. The van der Waals surface area contributed by atoms with Gasteiger partial charge >= 0.3 is 0 Å². The van der Waals surface area contributed by atoms with Gasteiger partial charge in [-0.25, -0.2) is 0 Å². The van der Waals surface area contributed by atoms with Gasteiger partial charge in [0.15, 0.2) is 0 Å². The van der Waals surface area contributed by atoms with Crippen molar-refractivity contribution in [1.82, 2.24) is 4.90 Å². The van der Waals surface area contributed by atoms with Gasteiger partial charge in [0.2, 0.25) is 0 Å². The molecule has 1 aromatic rings. The molecule has 0 amide bonds. The Morgan fingerprint density at radius 1 is 0.909 bits per heavy atom. The van der Waals surface area contributed by atoms with E-state index in [2.05, 4.69) is 30.9 Å². The minimum absolute atomic E-state index is 0.0207. The first-order chi connectivity index (χ1) is 10.2. The maximum atomic E-state index is 9.93. The van der Waals surface area contributed by atoms with E-state index in [1.54, 1.807) is 0 Å². The summed E-state index contributed by atoms with van der Waals surface area (Å²) in [5.74, 6) is 0.255. The molecule has 126 valence electrons. The zero-order valence-electron chi connectivity index (χ0n) is 14.5. The Hall–Kier alpha value is -0.940. The molecule has 1 rings (SSSR count). The Balaban J connectivity index is 3.47. The van der Waals surface area contributed by atoms with Crippen molar-refractivity contribution in [1.29, 1.82) is 0 Å². The predicted molar refractivity (Wildman–Crippen MR) is 89.6 cm³/mol. The van der Waals surface area contributed by atoms with Crippen LogP contribution in [0.1, 0.15) is 46.2 Å². The summed E-state index contributed by atoms with van der Waals surface area (Å²) in [5.41, 5.74) is -0.283. The number of aliphatic hydroxyl groups is 3. The van der Waals surface area contributed by atoms with Crippen LogP contribution in [0.2, 0.25) is 0 Å². The Morgan fingerprint density at radius 2 is 1.36 bits per heavy atom. The fourth-order valence-corrected chi connectivity index (χ4v) is 3.28. The molecular weight excluding hydrogens is 278 g/mol. The molecule has 3 N–H and O–H groups in total. The summed E-state index contributed by atoms with van der Waals surface area (Å²) in [6.45, 7) is 9.47. The summed E-state index contributed by atoms with van der Waals surface area (Å²) < 4.78 is 0. The van der Waals surface area contributed by atoms with E-state index in [1.807, 2.05) is 39.0 Å². The molecular formula is C18H31NO3. The topological polar surface area (TPSA) is 63.9 Å². The van der Waals surface area contributed by atoms with Gasteiger partial charge in [-0.3, -0.25) is 4.90 Å². The Kier molecular flexibility index (Phi) is 6.56. The molecule has 22 heavy (non-hydrogen) atoms. The summed E-state index contributed by atoms with van der Waals surface area (Å²) >= 11 is 0. The average Bonchev–Trinajstić information content (AvgIpc) is 2.48. The molecule has 0 heterocycles. The highest BCUT2D eigenvalue weighted by Crippen LogP contribution is 2.39. The average molecular weight is 309 g/mol. The van der Waals surface area contributed by atoms with Crippen molar-refractivity contribution in [2.45, 2.75) is 51.7 Å². The lowest BCUT2D eigenvalue weighted by Crippen LogP contribution is -2.65. The third-order valence-electron chi connectivity index (χ3n) is 4.17. The molecule has 4 heteroatoms. The molecule has 0 saturated carbocycles. The second-order valence-electron chi connectivity index (χ2n) is 7.34. The van der Waals surface area contributed by atoms with Crippen LogP contribution in [-0.2, 0) is 0 Å². The van der Waals surface area contributed by atoms with Gasteiger partial charge in [0.05, 0.1) is 25.4 Å². The molecule has 0 aliphatic carbocycles. The first-order valence-electron chi connectivity index (χ1n) is 7.90. The molecule has 0 aromatic heterocycles. The van der Waals surface area contributed by atoms with E-state index in [0.29, 0.717) is 0 Å². The highest BCUT2D eigenvalue weighted by atomic mass is 16.3. The molecule has 1 unspecified atom stereocenters. The lowest BCUT2D eigenvalue weighted by atomic mass is 9.83. The fourth-order valence-electron chi connectivity index (χ4n) is 3.28. The fraction of sp³-hybridized carbons (Fsp3) is 0.667. The largest absolute Gasteiger partial charge is 0.394 e. The van der Waals surface area contributed by atoms with Gasteiger partial charge in [-0.05, 0) is 32.3 Å². The van der Waals surface area contributed by atoms with Crippen molar-refractivity contribution in [3.05, 3.63) is 35.9 Å². The first kappa shape index (κ1) is 19.1. The van der Waals surface area contributed by atoms with Gasteiger partial charge in [0, 0.05) is 11.6 Å². The normalized spacial score (nSPS) is 14.6. The van der Waals surface area contributed by atoms with Crippen molar-refractivity contribution in [2.24, 2.45) is 5.92 Å². The van der Waals surface area contributed by atoms with Gasteiger partial charge in [0.1, 0.15) is 0 Å². The zero-order valence-corrected chi connectivity index (χ0v) is 14.5. The van der Waals surface area contributed by atoms with E-state index >= 15 is 0 Å². The van der Waals surface area contributed by atoms with E-state index in [9.17, 15) is 15.3 Å². The van der Waals surface area contributed by atoms with Crippen LogP contribution in [0.4, 0.5) is 0 Å². The van der Waals surface area contributed by atoms with Crippen LogP contribution in [0.3, 0.4) is 0 Å². The molecule has 0 aliphatic heterocycles. The van der Waals surface area contributed by atoms with Gasteiger partial charge < -0.3 is 15.3 Å². The smallest absolute Gasteiger partial charge is 0.0915 e. The van der Waals surface area contributed by atoms with Crippen LogP contribution in [0.25, 0.3) is 0 Å². The molecule has 0 radical (unpaired) electrons. The molecule has 0 saturated heterocycles. The molecule has 0 fully saturated rings. The Morgan fingerprint density at radius 3 is 1.68 bits per heavy atom. The summed E-state index contributed by atoms with van der Waals surface area (Å²) in [7, 11) is 0. The standard InChI is InChI=1S/C18H31NO3/c1-14(2)16(15-9-7-6-8-10-15)19(17(3,4)5)18(11-20,12-21)13-22/h6-10,14,16,20-22H,11-13H2,1-5H3. The van der Waals surface area contributed by atoms with E-state index in [4.69, 9.17) is 0 Å². The van der Waals surface area contributed by atoms with E-state index in [0.717, 1.165) is 5.56 Å². The van der Waals surface area contributed by atoms with Crippen LogP contribution in [0.15, 0.2) is 30.3 Å². The highest BCUT2D eigenvalue weighted by Gasteiger charge is 2.46. The molecule has 0 spiro atoms. The van der Waals surface area contributed by atoms with Crippen LogP contribution < -0.4 is 0 Å². The minimum Gasteiger partial charge on any atom is -0.394 e. The van der Waals surface area contributed by atoms with Gasteiger partial charge in [-0.15, -0.1) is 0 Å². The van der Waals surface area contributed by atoms with Crippen molar-refractivity contribution in [2.75, 3.05) is 19.8 Å². The summed E-state index contributed by atoms with van der Waals surface area (Å²) in [6, 6.07) is 10.0. The van der Waals surface area contributed by atoms with Crippen molar-refractivity contribution < 1.29 is 15.3 Å². The van der Waals surface area contributed by atoms with Gasteiger partial charge in [-0.1, -0.05) is 44.2 Å². The van der Waals surface area contributed by atoms with Crippen molar-refractivity contribution >= 4 is 0 Å². The summed E-state index contributed by atoms with van der Waals surface area (Å²) in [6.07, 6.45) is 0. The zero-order chi connectivity index (χ0) is 17.0. The summed E-state index contributed by atoms with van der Waals surface area (Å²) in [4.78, 5) is 2.07. The monoisotopic (exact) mass is 309 g/mol. The minimum atomic E-state index is -1.07. The first-order valence-corrected chi connectivity index (χ1v) is 7.90. The number of hydrogen-bond donors (Lipinski definition) is 3. The maximum absolute atomic E-state index is 9.93. The van der Waals surface area contributed by atoms with E-state index in [1.165, 1.54) is 0 Å². The molecule has 1 aromatic carbocycles. The second kappa shape index (κ2) is 7.55. The number of benzene rings is 1. The van der Waals surface area contributed by atoms with Crippen LogP contribution in [-0.4, -0.2) is 51.1 Å². The third-order valence-corrected chi connectivity index (χ3v) is 4.17. The second-order valence-corrected chi connectivity index (χ2v) is 7.34. The SMILES string of the molecule is CC(C)C(c1ccccc1)N(C(C)(C)C)C(CO)(CO)CO. The van der Waals surface area contributed by atoms with E-state index < -0.39 is 5.54 Å².